The first-order chi connectivity index (χ1) is 11.2. The number of benzene rings is 1. The Morgan fingerprint density at radius 3 is 3.04 bits per heavy atom. The normalized spacial score (nSPS) is 20.4. The van der Waals surface area contributed by atoms with Gasteiger partial charge in [-0.3, -0.25) is 4.99 Å². The Morgan fingerprint density at radius 1 is 1.48 bits per heavy atom. The molecule has 2 N–H and O–H groups in total. The van der Waals surface area contributed by atoms with Crippen LogP contribution in [-0.4, -0.2) is 30.6 Å². The first-order valence-corrected chi connectivity index (χ1v) is 8.99. The zero-order valence-corrected chi connectivity index (χ0v) is 14.9. The van der Waals surface area contributed by atoms with E-state index in [0.717, 1.165) is 35.4 Å². The van der Waals surface area contributed by atoms with Gasteiger partial charge in [0.05, 0.1) is 5.01 Å². The van der Waals surface area contributed by atoms with Crippen molar-refractivity contribution in [2.75, 3.05) is 13.6 Å². The average Bonchev–Trinajstić information content (AvgIpc) is 3.19. The molecule has 1 aromatic carbocycles. The second-order valence-corrected chi connectivity index (χ2v) is 7.52. The minimum Gasteiger partial charge on any atom is -0.356 e. The molecule has 2 aromatic rings. The van der Waals surface area contributed by atoms with Gasteiger partial charge in [0.2, 0.25) is 0 Å². The monoisotopic (exact) mass is 348 g/mol. The molecule has 122 valence electrons. The number of halogens is 1. The summed E-state index contributed by atoms with van der Waals surface area (Å²) in [4.78, 5) is 9.93. The largest absolute Gasteiger partial charge is 0.356 e. The molecule has 1 heterocycles. The molecule has 1 aliphatic rings. The van der Waals surface area contributed by atoms with Gasteiger partial charge in [0, 0.05) is 48.1 Å². The second kappa shape index (κ2) is 7.32. The number of aliphatic imine (C=N–C) groups is 1. The molecule has 23 heavy (non-hydrogen) atoms. The number of hydrogen-bond donors (Lipinski definition) is 2. The number of aromatic nitrogens is 1. The zero-order chi connectivity index (χ0) is 16.2. The van der Waals surface area contributed by atoms with Crippen LogP contribution in [0, 0.1) is 6.92 Å². The number of hydrogen-bond acceptors (Lipinski definition) is 3. The maximum Gasteiger partial charge on any atom is 0.191 e. The van der Waals surface area contributed by atoms with Crippen LogP contribution in [0.15, 0.2) is 35.5 Å². The Balaban J connectivity index is 1.45. The van der Waals surface area contributed by atoms with Crippen molar-refractivity contribution in [2.24, 2.45) is 4.99 Å². The fraction of sp³-hybridized carbons (Fsp3) is 0.412. The van der Waals surface area contributed by atoms with Crippen molar-refractivity contribution < 1.29 is 0 Å². The molecule has 0 spiro atoms. The highest BCUT2D eigenvalue weighted by atomic mass is 35.5. The zero-order valence-electron chi connectivity index (χ0n) is 13.3. The van der Waals surface area contributed by atoms with Gasteiger partial charge in [0.1, 0.15) is 0 Å². The third-order valence-electron chi connectivity index (χ3n) is 3.91. The van der Waals surface area contributed by atoms with Gasteiger partial charge in [-0.1, -0.05) is 23.7 Å². The fourth-order valence-electron chi connectivity index (χ4n) is 2.64. The smallest absolute Gasteiger partial charge is 0.191 e. The van der Waals surface area contributed by atoms with Crippen molar-refractivity contribution in [1.82, 2.24) is 15.6 Å². The molecule has 2 atom stereocenters. The summed E-state index contributed by atoms with van der Waals surface area (Å²) in [7, 11) is 1.81. The minimum absolute atomic E-state index is 0.432. The van der Waals surface area contributed by atoms with E-state index in [1.54, 1.807) is 18.4 Å². The van der Waals surface area contributed by atoms with E-state index in [1.165, 1.54) is 10.4 Å². The Morgan fingerprint density at radius 2 is 2.35 bits per heavy atom. The van der Waals surface area contributed by atoms with Crippen LogP contribution in [0.2, 0.25) is 5.02 Å². The maximum atomic E-state index is 6.06. The number of aryl methyl sites for hydroxylation is 1. The lowest BCUT2D eigenvalue weighted by Crippen LogP contribution is -2.39. The molecule has 1 fully saturated rings. The minimum atomic E-state index is 0.432. The van der Waals surface area contributed by atoms with Gasteiger partial charge < -0.3 is 10.6 Å². The summed E-state index contributed by atoms with van der Waals surface area (Å²) in [6.07, 6.45) is 3.96. The number of rotatable bonds is 5. The van der Waals surface area contributed by atoms with Crippen LogP contribution in [0.3, 0.4) is 0 Å². The summed E-state index contributed by atoms with van der Waals surface area (Å²) < 4.78 is 0. The predicted octanol–water partition coefficient (Wildman–Crippen LogP) is 3.37. The highest BCUT2D eigenvalue weighted by molar-refractivity contribution is 7.11. The average molecular weight is 349 g/mol. The van der Waals surface area contributed by atoms with Crippen LogP contribution in [0.5, 0.6) is 0 Å². The van der Waals surface area contributed by atoms with Gasteiger partial charge in [0.15, 0.2) is 5.96 Å². The maximum absolute atomic E-state index is 6.06. The van der Waals surface area contributed by atoms with E-state index < -0.39 is 0 Å². The fourth-order valence-corrected chi connectivity index (χ4v) is 3.62. The van der Waals surface area contributed by atoms with Gasteiger partial charge >= 0.3 is 0 Å². The highest BCUT2D eigenvalue weighted by Crippen LogP contribution is 2.41. The second-order valence-electron chi connectivity index (χ2n) is 5.76. The molecule has 2 unspecified atom stereocenters. The van der Waals surface area contributed by atoms with E-state index in [9.17, 15) is 0 Å². The Labute approximate surface area is 146 Å². The summed E-state index contributed by atoms with van der Waals surface area (Å²) in [6.45, 7) is 2.92. The summed E-state index contributed by atoms with van der Waals surface area (Å²) in [5.74, 6) is 1.38. The number of nitrogens with one attached hydrogen (secondary N) is 2. The third-order valence-corrected chi connectivity index (χ3v) is 5.12. The predicted molar refractivity (Wildman–Crippen MR) is 97.7 cm³/mol. The van der Waals surface area contributed by atoms with E-state index >= 15 is 0 Å². The van der Waals surface area contributed by atoms with Gasteiger partial charge in [-0.2, -0.15) is 0 Å². The molecule has 3 rings (SSSR count). The summed E-state index contributed by atoms with van der Waals surface area (Å²) in [6, 6.07) is 8.54. The van der Waals surface area contributed by atoms with Gasteiger partial charge in [-0.15, -0.1) is 11.3 Å². The SMILES string of the molecule is CN=C(NCCc1ncc(C)s1)NC1CC1c1cccc(Cl)c1. The van der Waals surface area contributed by atoms with Crippen molar-refractivity contribution in [3.63, 3.8) is 0 Å². The van der Waals surface area contributed by atoms with Gasteiger partial charge in [-0.25, -0.2) is 4.98 Å². The number of thiazole rings is 1. The quantitative estimate of drug-likeness (QED) is 0.643. The first-order valence-electron chi connectivity index (χ1n) is 7.79. The van der Waals surface area contributed by atoms with E-state index in [1.807, 2.05) is 18.3 Å². The van der Waals surface area contributed by atoms with Crippen molar-refractivity contribution in [1.29, 1.82) is 0 Å². The topological polar surface area (TPSA) is 49.3 Å². The third kappa shape index (κ3) is 4.45. The van der Waals surface area contributed by atoms with Crippen LogP contribution < -0.4 is 10.6 Å². The van der Waals surface area contributed by atoms with E-state index in [2.05, 4.69) is 39.7 Å². The van der Waals surface area contributed by atoms with Crippen molar-refractivity contribution in [2.45, 2.75) is 31.7 Å². The number of guanidine groups is 1. The van der Waals surface area contributed by atoms with E-state index in [4.69, 9.17) is 11.6 Å². The lowest BCUT2D eigenvalue weighted by molar-refractivity contribution is 0.778. The molecule has 0 radical (unpaired) electrons. The molecule has 1 aliphatic carbocycles. The summed E-state index contributed by atoms with van der Waals surface area (Å²) >= 11 is 7.81. The molecule has 6 heteroatoms. The molecular weight excluding hydrogens is 328 g/mol. The van der Waals surface area contributed by atoms with Crippen LogP contribution >= 0.6 is 22.9 Å². The molecule has 0 amide bonds. The molecule has 0 saturated heterocycles. The molecule has 0 bridgehead atoms. The Hall–Kier alpha value is -1.59. The molecule has 1 saturated carbocycles. The van der Waals surface area contributed by atoms with Crippen molar-refractivity contribution in [3.05, 3.63) is 50.9 Å². The highest BCUT2D eigenvalue weighted by Gasteiger charge is 2.39. The van der Waals surface area contributed by atoms with Gasteiger partial charge in [-0.05, 0) is 31.0 Å². The van der Waals surface area contributed by atoms with Crippen LogP contribution in [0.4, 0.5) is 0 Å². The van der Waals surface area contributed by atoms with E-state index in [-0.39, 0.29) is 0 Å². The molecule has 0 aliphatic heterocycles. The van der Waals surface area contributed by atoms with Crippen LogP contribution in [0.1, 0.15) is 27.8 Å². The molecule has 4 nitrogen and oxygen atoms in total. The molecule has 1 aromatic heterocycles. The van der Waals surface area contributed by atoms with Gasteiger partial charge in [0.25, 0.3) is 0 Å². The van der Waals surface area contributed by atoms with Crippen LogP contribution in [0.25, 0.3) is 0 Å². The summed E-state index contributed by atoms with van der Waals surface area (Å²) in [5.41, 5.74) is 1.30. The molecular formula is C17H21ClN4S. The Kier molecular flexibility index (Phi) is 5.18. The van der Waals surface area contributed by atoms with Crippen LogP contribution in [-0.2, 0) is 6.42 Å². The Bertz CT molecular complexity index is 697. The first kappa shape index (κ1) is 16.3. The number of nitrogens with zero attached hydrogens (tertiary/aromatic N) is 2. The summed E-state index contributed by atoms with van der Waals surface area (Å²) in [5, 5.41) is 8.80. The standard InChI is InChI=1S/C17H21ClN4S/c1-11-10-21-16(23-11)6-7-20-17(19-2)22-15-9-14(15)12-4-3-5-13(18)8-12/h3-5,8,10,14-15H,6-7,9H2,1-2H3,(H2,19,20,22). The lowest BCUT2D eigenvalue weighted by Gasteiger charge is -2.11. The lowest BCUT2D eigenvalue weighted by atomic mass is 10.1. The van der Waals surface area contributed by atoms with E-state index in [0.29, 0.717) is 12.0 Å². The van der Waals surface area contributed by atoms with Crippen molar-refractivity contribution >= 4 is 28.9 Å². The van der Waals surface area contributed by atoms with Crippen molar-refractivity contribution in [3.8, 4) is 0 Å².